The number of anilines is 1. The summed E-state index contributed by atoms with van der Waals surface area (Å²) in [6, 6.07) is 16.3. The first kappa shape index (κ1) is 20.5. The third kappa shape index (κ3) is 4.56. The fourth-order valence-electron chi connectivity index (χ4n) is 3.97. The van der Waals surface area contributed by atoms with Crippen LogP contribution in [0.25, 0.3) is 0 Å². The molecule has 2 heterocycles. The van der Waals surface area contributed by atoms with E-state index in [0.717, 1.165) is 11.3 Å². The lowest BCUT2D eigenvalue weighted by atomic mass is 9.91. The van der Waals surface area contributed by atoms with Crippen LogP contribution >= 0.6 is 0 Å². The first-order valence-corrected chi connectivity index (χ1v) is 10.2. The van der Waals surface area contributed by atoms with Gasteiger partial charge in [0.2, 0.25) is 0 Å². The number of methoxy groups -OCH3 is 1. The van der Waals surface area contributed by atoms with Crippen LogP contribution in [0.2, 0.25) is 0 Å². The molecule has 3 amide bonds. The van der Waals surface area contributed by atoms with Crippen LogP contribution in [0.3, 0.4) is 0 Å². The van der Waals surface area contributed by atoms with Gasteiger partial charge in [-0.2, -0.15) is 5.26 Å². The number of ether oxygens (including phenoxy) is 2. The normalized spacial score (nSPS) is 17.2. The van der Waals surface area contributed by atoms with Gasteiger partial charge in [-0.25, -0.2) is 9.59 Å². The Morgan fingerprint density at radius 2 is 1.84 bits per heavy atom. The fraction of sp³-hybridized carbons (Fsp3) is 0.348. The summed E-state index contributed by atoms with van der Waals surface area (Å²) < 4.78 is 10.9. The molecule has 2 fully saturated rings. The summed E-state index contributed by atoms with van der Waals surface area (Å²) in [6.07, 6.45) is 0.859. The molecule has 0 unspecified atom stereocenters. The van der Waals surface area contributed by atoms with Crippen molar-refractivity contribution in [1.82, 2.24) is 9.80 Å². The van der Waals surface area contributed by atoms with Crippen molar-refractivity contribution in [2.75, 3.05) is 32.1 Å². The molecule has 2 aliphatic heterocycles. The number of carbonyl (C=O) groups excluding carboxylic acids is 2. The van der Waals surface area contributed by atoms with Gasteiger partial charge >= 0.3 is 12.1 Å². The van der Waals surface area contributed by atoms with E-state index in [-0.39, 0.29) is 12.1 Å². The zero-order valence-corrected chi connectivity index (χ0v) is 17.3. The van der Waals surface area contributed by atoms with Crippen LogP contribution in [0.4, 0.5) is 15.3 Å². The number of nitriles is 1. The van der Waals surface area contributed by atoms with Crippen molar-refractivity contribution < 1.29 is 19.1 Å². The van der Waals surface area contributed by atoms with Crippen LogP contribution in [0, 0.1) is 11.3 Å². The first-order chi connectivity index (χ1) is 15.0. The Hall–Kier alpha value is -3.73. The predicted octanol–water partition coefficient (Wildman–Crippen LogP) is 3.59. The SMILES string of the molecule is COc1ccc(NC(=O)N2CCC3(CC2)CN(Cc2ccc(C#N)cc2)C(=O)O3)cc1. The Balaban J connectivity index is 1.31. The van der Waals surface area contributed by atoms with E-state index >= 15 is 0 Å². The molecule has 8 nitrogen and oxygen atoms in total. The predicted molar refractivity (Wildman–Crippen MR) is 114 cm³/mol. The van der Waals surface area contributed by atoms with Crippen LogP contribution in [-0.4, -0.2) is 54.3 Å². The number of amides is 3. The third-order valence-corrected chi connectivity index (χ3v) is 5.80. The maximum absolute atomic E-state index is 12.6. The molecule has 8 heteroatoms. The molecule has 160 valence electrons. The molecule has 0 aromatic heterocycles. The molecule has 1 N–H and O–H groups in total. The van der Waals surface area contributed by atoms with E-state index in [0.29, 0.717) is 50.3 Å². The molecule has 0 radical (unpaired) electrons. The number of benzene rings is 2. The molecule has 0 atom stereocenters. The zero-order valence-electron chi connectivity index (χ0n) is 17.3. The van der Waals surface area contributed by atoms with Crippen molar-refractivity contribution in [3.8, 4) is 11.8 Å². The van der Waals surface area contributed by atoms with Gasteiger partial charge in [0.15, 0.2) is 0 Å². The van der Waals surface area contributed by atoms with E-state index in [9.17, 15) is 9.59 Å². The quantitative estimate of drug-likeness (QED) is 0.816. The number of rotatable bonds is 4. The number of piperidine rings is 1. The Morgan fingerprint density at radius 1 is 1.16 bits per heavy atom. The summed E-state index contributed by atoms with van der Waals surface area (Å²) in [4.78, 5) is 28.5. The van der Waals surface area contributed by atoms with Gasteiger partial charge in [-0.05, 0) is 42.0 Å². The molecule has 31 heavy (non-hydrogen) atoms. The van der Waals surface area contributed by atoms with Gasteiger partial charge in [0.1, 0.15) is 11.4 Å². The van der Waals surface area contributed by atoms with Gasteiger partial charge in [0.05, 0.1) is 25.3 Å². The number of carbonyl (C=O) groups is 2. The van der Waals surface area contributed by atoms with Gasteiger partial charge in [-0.1, -0.05) is 12.1 Å². The zero-order chi connectivity index (χ0) is 21.8. The molecular formula is C23H24N4O4. The van der Waals surface area contributed by atoms with Crippen LogP contribution in [0.15, 0.2) is 48.5 Å². The summed E-state index contributed by atoms with van der Waals surface area (Å²) in [5.74, 6) is 0.728. The van der Waals surface area contributed by atoms with Crippen molar-refractivity contribution >= 4 is 17.8 Å². The number of nitrogens with one attached hydrogen (secondary N) is 1. The van der Waals surface area contributed by atoms with Crippen LogP contribution in [0.5, 0.6) is 5.75 Å². The van der Waals surface area contributed by atoms with Gasteiger partial charge in [-0.15, -0.1) is 0 Å². The average molecular weight is 420 g/mol. The van der Waals surface area contributed by atoms with Crippen molar-refractivity contribution in [1.29, 1.82) is 5.26 Å². The largest absolute Gasteiger partial charge is 0.497 e. The molecule has 0 aliphatic carbocycles. The molecule has 4 rings (SSSR count). The lowest BCUT2D eigenvalue weighted by molar-refractivity contribution is 0.0109. The highest BCUT2D eigenvalue weighted by molar-refractivity contribution is 5.89. The molecule has 0 bridgehead atoms. The fourth-order valence-corrected chi connectivity index (χ4v) is 3.97. The maximum Gasteiger partial charge on any atom is 0.410 e. The molecular weight excluding hydrogens is 396 g/mol. The van der Waals surface area contributed by atoms with E-state index in [1.165, 1.54) is 0 Å². The first-order valence-electron chi connectivity index (χ1n) is 10.2. The summed E-state index contributed by atoms with van der Waals surface area (Å²) in [6.45, 7) is 1.97. The van der Waals surface area contributed by atoms with Gasteiger partial charge < -0.3 is 19.7 Å². The van der Waals surface area contributed by atoms with E-state index in [4.69, 9.17) is 14.7 Å². The van der Waals surface area contributed by atoms with Crippen molar-refractivity contribution in [3.05, 3.63) is 59.7 Å². The van der Waals surface area contributed by atoms with Gasteiger partial charge in [0.25, 0.3) is 0 Å². The number of hydrogen-bond acceptors (Lipinski definition) is 5. The lowest BCUT2D eigenvalue weighted by Crippen LogP contribution is -2.49. The average Bonchev–Trinajstić information content (AvgIpc) is 3.09. The van der Waals surface area contributed by atoms with Crippen LogP contribution < -0.4 is 10.1 Å². The smallest absolute Gasteiger partial charge is 0.410 e. The second-order valence-electron chi connectivity index (χ2n) is 7.86. The van der Waals surface area contributed by atoms with E-state index in [1.807, 2.05) is 12.1 Å². The highest BCUT2D eigenvalue weighted by Gasteiger charge is 2.47. The Bertz CT molecular complexity index is 990. The number of urea groups is 1. The Morgan fingerprint density at radius 3 is 2.45 bits per heavy atom. The second kappa shape index (κ2) is 8.56. The van der Waals surface area contributed by atoms with Crippen LogP contribution in [0.1, 0.15) is 24.0 Å². The minimum absolute atomic E-state index is 0.168. The molecule has 2 saturated heterocycles. The summed E-state index contributed by atoms with van der Waals surface area (Å²) >= 11 is 0. The number of nitrogens with zero attached hydrogens (tertiary/aromatic N) is 3. The van der Waals surface area contributed by atoms with Crippen molar-refractivity contribution in [2.45, 2.75) is 25.0 Å². The molecule has 0 saturated carbocycles. The molecule has 2 aromatic rings. The minimum atomic E-state index is -0.555. The number of likely N-dealkylation sites (tertiary alicyclic amines) is 1. The summed E-state index contributed by atoms with van der Waals surface area (Å²) in [5, 5.41) is 11.8. The second-order valence-corrected chi connectivity index (χ2v) is 7.86. The highest BCUT2D eigenvalue weighted by atomic mass is 16.6. The Labute approximate surface area is 181 Å². The third-order valence-electron chi connectivity index (χ3n) is 5.80. The summed E-state index contributed by atoms with van der Waals surface area (Å²) in [7, 11) is 1.60. The minimum Gasteiger partial charge on any atom is -0.497 e. The topological polar surface area (TPSA) is 94.9 Å². The Kier molecular flexibility index (Phi) is 5.67. The van der Waals surface area contributed by atoms with E-state index in [2.05, 4.69) is 11.4 Å². The van der Waals surface area contributed by atoms with E-state index < -0.39 is 5.60 Å². The molecule has 1 spiro atoms. The molecule has 2 aliphatic rings. The van der Waals surface area contributed by atoms with Gasteiger partial charge in [-0.3, -0.25) is 4.90 Å². The lowest BCUT2D eigenvalue weighted by Gasteiger charge is -2.37. The number of hydrogen-bond donors (Lipinski definition) is 1. The van der Waals surface area contributed by atoms with Crippen molar-refractivity contribution in [3.63, 3.8) is 0 Å². The highest BCUT2D eigenvalue weighted by Crippen LogP contribution is 2.34. The summed E-state index contributed by atoms with van der Waals surface area (Å²) in [5.41, 5.74) is 1.68. The van der Waals surface area contributed by atoms with Crippen LogP contribution in [-0.2, 0) is 11.3 Å². The monoisotopic (exact) mass is 420 g/mol. The molecule has 2 aromatic carbocycles. The van der Waals surface area contributed by atoms with E-state index in [1.54, 1.807) is 53.3 Å². The van der Waals surface area contributed by atoms with Crippen molar-refractivity contribution in [2.24, 2.45) is 0 Å². The maximum atomic E-state index is 12.6. The van der Waals surface area contributed by atoms with Gasteiger partial charge in [0, 0.05) is 38.2 Å². The standard InChI is InChI=1S/C23H24N4O4/c1-30-20-8-6-19(7-9-20)25-21(28)26-12-10-23(11-13-26)16-27(22(29)31-23)15-18-4-2-17(14-24)3-5-18/h2-9H,10-13,15-16H2,1H3,(H,25,28).